The minimum atomic E-state index is -1.30. The van der Waals surface area contributed by atoms with Crippen molar-refractivity contribution < 1.29 is 4.74 Å². The summed E-state index contributed by atoms with van der Waals surface area (Å²) in [6, 6.07) is 7.54. The highest BCUT2D eigenvalue weighted by molar-refractivity contribution is 5.28. The maximum Gasteiger partial charge on any atom is 0.235 e. The fourth-order valence-electron chi connectivity index (χ4n) is 0.961. The maximum absolute atomic E-state index is 5.70. The molecule has 1 aromatic carbocycles. The topological polar surface area (TPSA) is 61.3 Å². The summed E-state index contributed by atoms with van der Waals surface area (Å²) in [5.74, 6) is -0.647. The van der Waals surface area contributed by atoms with Gasteiger partial charge in [-0.1, -0.05) is 18.7 Å². The van der Waals surface area contributed by atoms with Crippen LogP contribution in [0.25, 0.3) is 0 Å². The van der Waals surface area contributed by atoms with Gasteiger partial charge in [-0.3, -0.25) is 11.5 Å². The lowest BCUT2D eigenvalue weighted by Gasteiger charge is -2.26. The SMILES string of the molecule is C=C(C)C(N)(N)Oc1cccc(C)c1. The van der Waals surface area contributed by atoms with Crippen LogP contribution in [0, 0.1) is 6.92 Å². The summed E-state index contributed by atoms with van der Waals surface area (Å²) in [6.07, 6.45) is 0. The Balaban J connectivity index is 2.83. The molecule has 4 N–H and O–H groups in total. The Hall–Kier alpha value is -1.32. The predicted molar refractivity (Wildman–Crippen MR) is 57.7 cm³/mol. The molecule has 0 aliphatic rings. The number of ether oxygens (including phenoxy) is 1. The molecule has 0 spiro atoms. The lowest BCUT2D eigenvalue weighted by molar-refractivity contribution is 0.122. The molecule has 0 aliphatic carbocycles. The van der Waals surface area contributed by atoms with Crippen molar-refractivity contribution in [3.63, 3.8) is 0 Å². The fourth-order valence-corrected chi connectivity index (χ4v) is 0.961. The van der Waals surface area contributed by atoms with Crippen molar-refractivity contribution in [3.8, 4) is 5.75 Å². The Morgan fingerprint density at radius 1 is 1.43 bits per heavy atom. The average molecular weight is 192 g/mol. The Kier molecular flexibility index (Phi) is 2.93. The molecule has 0 amide bonds. The quantitative estimate of drug-likeness (QED) is 0.564. The summed E-state index contributed by atoms with van der Waals surface area (Å²) in [7, 11) is 0. The number of aryl methyl sites for hydroxylation is 1. The molecule has 0 radical (unpaired) electrons. The lowest BCUT2D eigenvalue weighted by Crippen LogP contribution is -2.55. The molecule has 0 atom stereocenters. The molecule has 0 fully saturated rings. The minimum Gasteiger partial charge on any atom is -0.456 e. The number of benzene rings is 1. The van der Waals surface area contributed by atoms with Gasteiger partial charge in [0.15, 0.2) is 0 Å². The number of nitrogens with two attached hydrogens (primary N) is 2. The van der Waals surface area contributed by atoms with Crippen molar-refractivity contribution in [2.24, 2.45) is 11.5 Å². The summed E-state index contributed by atoms with van der Waals surface area (Å²) in [6.45, 7) is 7.38. The van der Waals surface area contributed by atoms with Crippen molar-refractivity contribution >= 4 is 0 Å². The van der Waals surface area contributed by atoms with Gasteiger partial charge in [0.25, 0.3) is 0 Å². The summed E-state index contributed by atoms with van der Waals surface area (Å²) < 4.78 is 5.40. The Labute approximate surface area is 84.4 Å². The summed E-state index contributed by atoms with van der Waals surface area (Å²) in [5.41, 5.74) is 13.1. The van der Waals surface area contributed by atoms with Gasteiger partial charge in [0, 0.05) is 0 Å². The standard InChI is InChI=1S/C11H16N2O/c1-8(2)11(12,13)14-10-6-4-5-9(3)7-10/h4-7H,1,12-13H2,2-3H3. The molecule has 0 unspecified atom stereocenters. The van der Waals surface area contributed by atoms with E-state index in [1.807, 2.05) is 31.2 Å². The average Bonchev–Trinajstić information content (AvgIpc) is 2.02. The highest BCUT2D eigenvalue weighted by Gasteiger charge is 2.21. The van der Waals surface area contributed by atoms with Gasteiger partial charge in [0.2, 0.25) is 5.85 Å². The zero-order chi connectivity index (χ0) is 10.8. The molecule has 0 saturated heterocycles. The van der Waals surface area contributed by atoms with Gasteiger partial charge >= 0.3 is 0 Å². The third kappa shape index (κ3) is 2.58. The molecular weight excluding hydrogens is 176 g/mol. The number of hydrogen-bond acceptors (Lipinski definition) is 3. The van der Waals surface area contributed by atoms with Crippen molar-refractivity contribution in [1.82, 2.24) is 0 Å². The van der Waals surface area contributed by atoms with E-state index in [4.69, 9.17) is 16.2 Å². The molecular formula is C11H16N2O. The molecule has 76 valence electrons. The lowest BCUT2D eigenvalue weighted by atomic mass is 10.2. The van der Waals surface area contributed by atoms with Crippen LogP contribution in [0.2, 0.25) is 0 Å². The highest BCUT2D eigenvalue weighted by Crippen LogP contribution is 2.17. The first-order chi connectivity index (χ1) is 6.42. The molecule has 0 aliphatic heterocycles. The Morgan fingerprint density at radius 2 is 2.07 bits per heavy atom. The largest absolute Gasteiger partial charge is 0.456 e. The molecule has 1 rings (SSSR count). The van der Waals surface area contributed by atoms with E-state index in [1.54, 1.807) is 6.92 Å². The van der Waals surface area contributed by atoms with Crippen LogP contribution in [0.1, 0.15) is 12.5 Å². The van der Waals surface area contributed by atoms with E-state index in [0.29, 0.717) is 11.3 Å². The molecule has 0 heterocycles. The second-order valence-corrected chi connectivity index (χ2v) is 3.49. The van der Waals surface area contributed by atoms with Gasteiger partial charge in [0.05, 0.1) is 0 Å². The Bertz CT molecular complexity index is 345. The second-order valence-electron chi connectivity index (χ2n) is 3.49. The van der Waals surface area contributed by atoms with Crippen molar-refractivity contribution in [3.05, 3.63) is 42.0 Å². The first-order valence-electron chi connectivity index (χ1n) is 4.41. The zero-order valence-corrected chi connectivity index (χ0v) is 8.58. The maximum atomic E-state index is 5.70. The van der Waals surface area contributed by atoms with E-state index in [0.717, 1.165) is 5.56 Å². The third-order valence-electron chi connectivity index (χ3n) is 1.94. The summed E-state index contributed by atoms with van der Waals surface area (Å²) in [5, 5.41) is 0. The van der Waals surface area contributed by atoms with E-state index < -0.39 is 5.85 Å². The van der Waals surface area contributed by atoms with E-state index in [2.05, 4.69) is 6.58 Å². The monoisotopic (exact) mass is 192 g/mol. The van der Waals surface area contributed by atoms with E-state index in [1.165, 1.54) is 0 Å². The van der Waals surface area contributed by atoms with Crippen LogP contribution in [-0.2, 0) is 0 Å². The summed E-state index contributed by atoms with van der Waals surface area (Å²) in [4.78, 5) is 0. The number of rotatable bonds is 3. The van der Waals surface area contributed by atoms with Crippen LogP contribution in [-0.4, -0.2) is 5.85 Å². The second kappa shape index (κ2) is 3.82. The highest BCUT2D eigenvalue weighted by atomic mass is 16.5. The molecule has 3 nitrogen and oxygen atoms in total. The van der Waals surface area contributed by atoms with Gasteiger partial charge in [-0.25, -0.2) is 0 Å². The van der Waals surface area contributed by atoms with Crippen molar-refractivity contribution in [2.75, 3.05) is 0 Å². The van der Waals surface area contributed by atoms with E-state index in [-0.39, 0.29) is 0 Å². The molecule has 3 heteroatoms. The molecule has 0 saturated carbocycles. The van der Waals surface area contributed by atoms with Gasteiger partial charge in [-0.05, 0) is 37.1 Å². The fraction of sp³-hybridized carbons (Fsp3) is 0.273. The van der Waals surface area contributed by atoms with Gasteiger partial charge in [-0.15, -0.1) is 0 Å². The molecule has 14 heavy (non-hydrogen) atoms. The van der Waals surface area contributed by atoms with Crippen molar-refractivity contribution in [2.45, 2.75) is 19.7 Å². The van der Waals surface area contributed by atoms with Crippen LogP contribution in [0.4, 0.5) is 0 Å². The first-order valence-corrected chi connectivity index (χ1v) is 4.41. The first kappa shape index (κ1) is 10.8. The molecule has 0 aromatic heterocycles. The minimum absolute atomic E-state index is 0.582. The van der Waals surface area contributed by atoms with Gasteiger partial charge in [-0.2, -0.15) is 0 Å². The smallest absolute Gasteiger partial charge is 0.235 e. The van der Waals surface area contributed by atoms with Gasteiger partial charge in [0.1, 0.15) is 5.75 Å². The van der Waals surface area contributed by atoms with Crippen LogP contribution in [0.15, 0.2) is 36.4 Å². The van der Waals surface area contributed by atoms with Crippen LogP contribution >= 0.6 is 0 Å². The number of hydrogen-bond donors (Lipinski definition) is 2. The molecule has 1 aromatic rings. The van der Waals surface area contributed by atoms with Crippen LogP contribution < -0.4 is 16.2 Å². The van der Waals surface area contributed by atoms with Crippen LogP contribution in [0.3, 0.4) is 0 Å². The van der Waals surface area contributed by atoms with Crippen LogP contribution in [0.5, 0.6) is 5.75 Å². The van der Waals surface area contributed by atoms with Crippen molar-refractivity contribution in [1.29, 1.82) is 0 Å². The van der Waals surface area contributed by atoms with E-state index in [9.17, 15) is 0 Å². The van der Waals surface area contributed by atoms with E-state index >= 15 is 0 Å². The molecule has 0 bridgehead atoms. The predicted octanol–water partition coefficient (Wildman–Crippen LogP) is 1.52. The zero-order valence-electron chi connectivity index (χ0n) is 8.58. The Morgan fingerprint density at radius 3 is 2.57 bits per heavy atom. The van der Waals surface area contributed by atoms with Gasteiger partial charge < -0.3 is 4.74 Å². The normalized spacial score (nSPS) is 11.1. The summed E-state index contributed by atoms with van der Waals surface area (Å²) >= 11 is 0. The third-order valence-corrected chi connectivity index (χ3v) is 1.94.